The number of hydrogen-bond donors (Lipinski definition) is 3. The molecule has 1 aliphatic rings. The topological polar surface area (TPSA) is 96.7 Å². The molecule has 0 saturated carbocycles. The number of rotatable bonds is 2. The van der Waals surface area contributed by atoms with Gasteiger partial charge in [-0.2, -0.15) is 13.2 Å². The van der Waals surface area contributed by atoms with Gasteiger partial charge < -0.3 is 25.0 Å². The van der Waals surface area contributed by atoms with Gasteiger partial charge >= 0.3 is 6.18 Å². The number of methoxy groups -OCH3 is 1. The van der Waals surface area contributed by atoms with Crippen molar-refractivity contribution >= 4 is 5.82 Å². The minimum atomic E-state index is -4.60. The van der Waals surface area contributed by atoms with Crippen LogP contribution in [0.4, 0.5) is 19.0 Å². The van der Waals surface area contributed by atoms with Crippen LogP contribution in [0.5, 0.6) is 0 Å². The van der Waals surface area contributed by atoms with Crippen molar-refractivity contribution in [2.45, 2.75) is 37.5 Å². The Morgan fingerprint density at radius 3 is 2.43 bits per heavy atom. The number of aliphatic hydroxyl groups excluding tert-OH is 2. The number of alkyl halides is 3. The van der Waals surface area contributed by atoms with E-state index in [9.17, 15) is 23.4 Å². The summed E-state index contributed by atoms with van der Waals surface area (Å²) in [6.45, 7) is 1.63. The van der Waals surface area contributed by atoms with Gasteiger partial charge in [0.05, 0.1) is 31.1 Å². The van der Waals surface area contributed by atoms with Crippen LogP contribution in [0.15, 0.2) is 12.4 Å². The Hall–Kier alpha value is -1.49. The Bertz CT molecular complexity index is 490. The van der Waals surface area contributed by atoms with Crippen molar-refractivity contribution in [3.05, 3.63) is 18.1 Å². The zero-order valence-corrected chi connectivity index (χ0v) is 12.9. The number of nitrogens with zero attached hydrogens (tertiary/aromatic N) is 2. The van der Waals surface area contributed by atoms with Gasteiger partial charge in [-0.05, 0) is 6.92 Å². The molecular formula is C13H20F3N3O4. The minimum Gasteiger partial charge on any atom is -0.388 e. The largest absolute Gasteiger partial charge is 0.434 e. The molecule has 0 amide bonds. The van der Waals surface area contributed by atoms with Gasteiger partial charge in [0.2, 0.25) is 0 Å². The summed E-state index contributed by atoms with van der Waals surface area (Å²) < 4.78 is 46.9. The smallest absolute Gasteiger partial charge is 0.388 e. The molecule has 0 spiro atoms. The number of hydrogen-bond acceptors (Lipinski definition) is 7. The third-order valence-corrected chi connectivity index (χ3v) is 3.04. The molecule has 1 aromatic heterocycles. The molecule has 7 nitrogen and oxygen atoms in total. The summed E-state index contributed by atoms with van der Waals surface area (Å²) in [5.41, 5.74) is -1.14. The highest BCUT2D eigenvalue weighted by molar-refractivity contribution is 5.34. The van der Waals surface area contributed by atoms with Gasteiger partial charge in [-0.1, -0.05) is 0 Å². The third kappa shape index (κ3) is 5.57. The van der Waals surface area contributed by atoms with Crippen molar-refractivity contribution < 1.29 is 32.9 Å². The lowest BCUT2D eigenvalue weighted by Crippen LogP contribution is -2.54. The molecule has 1 fully saturated rings. The summed E-state index contributed by atoms with van der Waals surface area (Å²) in [4.78, 5) is 6.82. The van der Waals surface area contributed by atoms with Crippen LogP contribution in [-0.4, -0.2) is 65.4 Å². The fourth-order valence-corrected chi connectivity index (χ4v) is 1.86. The molecule has 3 N–H and O–H groups in total. The number of nitrogens with one attached hydrogen (secondary N) is 1. The first-order chi connectivity index (χ1) is 10.7. The molecule has 10 heteroatoms. The normalized spacial score (nSPS) is 27.8. The van der Waals surface area contributed by atoms with Crippen LogP contribution in [0.25, 0.3) is 0 Å². The number of ether oxygens (including phenoxy) is 2. The van der Waals surface area contributed by atoms with Crippen LogP contribution in [0.1, 0.15) is 12.6 Å². The van der Waals surface area contributed by atoms with Crippen LogP contribution >= 0.6 is 0 Å². The lowest BCUT2D eigenvalue weighted by molar-refractivity contribution is -0.141. The molecule has 4 atom stereocenters. The number of aliphatic hydroxyl groups is 2. The molecule has 0 radical (unpaired) electrons. The molecule has 1 aliphatic heterocycles. The lowest BCUT2D eigenvalue weighted by Gasteiger charge is -2.36. The summed E-state index contributed by atoms with van der Waals surface area (Å²) in [6.07, 6.45) is -5.73. The Labute approximate surface area is 131 Å². The fourth-order valence-electron chi connectivity index (χ4n) is 1.86. The van der Waals surface area contributed by atoms with Crippen molar-refractivity contribution in [2.24, 2.45) is 0 Å². The first-order valence-electron chi connectivity index (χ1n) is 6.74. The van der Waals surface area contributed by atoms with Crippen molar-refractivity contribution in [2.75, 3.05) is 26.1 Å². The van der Waals surface area contributed by atoms with E-state index in [4.69, 9.17) is 4.74 Å². The molecule has 1 aromatic rings. The molecule has 23 heavy (non-hydrogen) atoms. The predicted molar refractivity (Wildman–Crippen MR) is 74.8 cm³/mol. The van der Waals surface area contributed by atoms with Crippen LogP contribution in [0, 0.1) is 0 Å². The molecule has 0 aliphatic carbocycles. The lowest BCUT2D eigenvalue weighted by atomic mass is 9.99. The van der Waals surface area contributed by atoms with Crippen LogP contribution in [0.2, 0.25) is 0 Å². The van der Waals surface area contributed by atoms with Crippen molar-refractivity contribution in [3.63, 3.8) is 0 Å². The first kappa shape index (κ1) is 19.6. The van der Waals surface area contributed by atoms with Crippen molar-refractivity contribution in [1.82, 2.24) is 9.97 Å². The van der Waals surface area contributed by atoms with Gasteiger partial charge in [-0.25, -0.2) is 4.98 Å². The van der Waals surface area contributed by atoms with Crippen LogP contribution in [-0.2, 0) is 15.7 Å². The van der Waals surface area contributed by atoms with E-state index in [0.29, 0.717) is 6.20 Å². The molecule has 0 aromatic carbocycles. The average molecular weight is 339 g/mol. The first-order valence-corrected chi connectivity index (χ1v) is 6.74. The van der Waals surface area contributed by atoms with E-state index in [1.807, 2.05) is 0 Å². The quantitative estimate of drug-likeness (QED) is 0.729. The maximum Gasteiger partial charge on any atom is 0.434 e. The monoisotopic (exact) mass is 339 g/mol. The minimum absolute atomic E-state index is 0.0390. The van der Waals surface area contributed by atoms with Gasteiger partial charge in [0, 0.05) is 14.2 Å². The highest BCUT2D eigenvalue weighted by atomic mass is 19.4. The summed E-state index contributed by atoms with van der Waals surface area (Å²) in [7, 11) is 3.25. The second-order valence-corrected chi connectivity index (χ2v) is 4.97. The van der Waals surface area contributed by atoms with E-state index < -0.39 is 36.2 Å². The maximum atomic E-state index is 12.5. The summed E-state index contributed by atoms with van der Waals surface area (Å²) >= 11 is 0. The van der Waals surface area contributed by atoms with Gasteiger partial charge in [-0.3, -0.25) is 4.98 Å². The molecular weight excluding hydrogens is 319 g/mol. The number of aromatic nitrogens is 2. The van der Waals surface area contributed by atoms with E-state index in [2.05, 4.69) is 20.0 Å². The zero-order valence-electron chi connectivity index (χ0n) is 12.9. The third-order valence-electron chi connectivity index (χ3n) is 3.04. The number of halogens is 3. The van der Waals surface area contributed by atoms with Crippen molar-refractivity contribution in [3.8, 4) is 0 Å². The van der Waals surface area contributed by atoms with Gasteiger partial charge in [0.15, 0.2) is 5.69 Å². The van der Waals surface area contributed by atoms with E-state index >= 15 is 0 Å². The Balaban J connectivity index is 0.000000816. The van der Waals surface area contributed by atoms with E-state index in [1.54, 1.807) is 21.1 Å². The zero-order chi connectivity index (χ0) is 17.6. The SMILES string of the molecule is CC1OCC(Nc2cncc(C(F)(F)F)n2)C(O)C1O.COC. The average Bonchev–Trinajstić information content (AvgIpc) is 2.48. The molecule has 0 bridgehead atoms. The highest BCUT2D eigenvalue weighted by Crippen LogP contribution is 2.28. The summed E-state index contributed by atoms with van der Waals surface area (Å²) in [5.74, 6) is -0.144. The van der Waals surface area contributed by atoms with Gasteiger partial charge in [-0.15, -0.1) is 0 Å². The van der Waals surface area contributed by atoms with E-state index in [1.165, 1.54) is 0 Å². The van der Waals surface area contributed by atoms with Gasteiger partial charge in [0.25, 0.3) is 0 Å². The Morgan fingerprint density at radius 1 is 1.26 bits per heavy atom. The standard InChI is InChI=1S/C11H14F3N3O3.C2H6O/c1-5-9(18)10(19)6(4-20-5)16-8-3-15-2-7(17-8)11(12,13)14;1-3-2/h2-3,5-6,9-10,18-19H,4H2,1H3,(H,16,17);1-2H3. The van der Waals surface area contributed by atoms with E-state index in [-0.39, 0.29) is 12.4 Å². The van der Waals surface area contributed by atoms with Crippen molar-refractivity contribution in [1.29, 1.82) is 0 Å². The van der Waals surface area contributed by atoms with Crippen LogP contribution < -0.4 is 5.32 Å². The van der Waals surface area contributed by atoms with E-state index in [0.717, 1.165) is 6.20 Å². The number of anilines is 1. The Kier molecular flexibility index (Phi) is 7.13. The Morgan fingerprint density at radius 2 is 1.87 bits per heavy atom. The second kappa shape index (κ2) is 8.39. The summed E-state index contributed by atoms with van der Waals surface area (Å²) in [6, 6.07) is -0.765. The highest BCUT2D eigenvalue weighted by Gasteiger charge is 2.37. The molecule has 2 heterocycles. The predicted octanol–water partition coefficient (Wildman–Crippen LogP) is 0.679. The second-order valence-electron chi connectivity index (χ2n) is 4.97. The molecule has 132 valence electrons. The van der Waals surface area contributed by atoms with Crippen LogP contribution in [0.3, 0.4) is 0 Å². The molecule has 1 saturated heterocycles. The summed E-state index contributed by atoms with van der Waals surface area (Å²) in [5, 5.41) is 22.1. The molecule has 4 unspecified atom stereocenters. The van der Waals surface area contributed by atoms with Gasteiger partial charge in [0.1, 0.15) is 18.0 Å². The molecule has 2 rings (SSSR count). The maximum absolute atomic E-state index is 12.5. The fraction of sp³-hybridized carbons (Fsp3) is 0.692.